The van der Waals surface area contributed by atoms with E-state index in [4.69, 9.17) is 9.84 Å². The molecule has 1 aliphatic rings. The zero-order valence-corrected chi connectivity index (χ0v) is 11.0. The van der Waals surface area contributed by atoms with Crippen LogP contribution in [0, 0.1) is 0 Å². The number of carboxylic acids is 1. The molecule has 0 bridgehead atoms. The minimum absolute atomic E-state index is 0.124. The molecule has 3 N–H and O–H groups in total. The average molecular weight is 273 g/mol. The van der Waals surface area contributed by atoms with Crippen molar-refractivity contribution in [2.45, 2.75) is 26.0 Å². The van der Waals surface area contributed by atoms with Gasteiger partial charge in [-0.3, -0.25) is 15.0 Å². The van der Waals surface area contributed by atoms with E-state index in [1.807, 2.05) is 0 Å². The number of carboxylic acid groups (broad SMARTS) is 1. The molecule has 3 amide bonds. The van der Waals surface area contributed by atoms with Crippen LogP contribution in [0.15, 0.2) is 0 Å². The summed E-state index contributed by atoms with van der Waals surface area (Å²) in [6.45, 7) is 4.61. The second kappa shape index (κ2) is 7.05. The summed E-state index contributed by atoms with van der Waals surface area (Å²) >= 11 is 0. The first kappa shape index (κ1) is 15.4. The first-order valence-electron chi connectivity index (χ1n) is 6.12. The molecule has 0 aliphatic carbocycles. The number of hydrogen-bond acceptors (Lipinski definition) is 5. The molecule has 0 aromatic rings. The number of nitrogens with one attached hydrogen (secondary N) is 2. The molecule has 1 saturated heterocycles. The van der Waals surface area contributed by atoms with Crippen LogP contribution in [0.5, 0.6) is 0 Å². The molecule has 0 saturated carbocycles. The number of hydrogen-bond donors (Lipinski definition) is 3. The number of morpholine rings is 1. The van der Waals surface area contributed by atoms with Crippen LogP contribution in [0.3, 0.4) is 0 Å². The van der Waals surface area contributed by atoms with Crippen LogP contribution < -0.4 is 10.6 Å². The number of nitrogens with zero attached hydrogens (tertiary/aromatic N) is 1. The molecule has 0 spiro atoms. The molecule has 1 aliphatic heterocycles. The number of rotatable bonds is 4. The minimum Gasteiger partial charge on any atom is -0.479 e. The third kappa shape index (κ3) is 4.49. The predicted molar refractivity (Wildman–Crippen MR) is 65.6 cm³/mol. The normalized spacial score (nSPS) is 21.5. The fourth-order valence-electron chi connectivity index (χ4n) is 1.76. The van der Waals surface area contributed by atoms with E-state index in [0.717, 1.165) is 0 Å². The Morgan fingerprint density at radius 3 is 2.74 bits per heavy atom. The number of imide groups is 1. The Hall–Kier alpha value is -1.67. The lowest BCUT2D eigenvalue weighted by Gasteiger charge is -2.34. The van der Waals surface area contributed by atoms with E-state index in [1.165, 1.54) is 0 Å². The second-order valence-electron chi connectivity index (χ2n) is 4.22. The molecule has 1 heterocycles. The predicted octanol–water partition coefficient (Wildman–Crippen LogP) is -0.994. The van der Waals surface area contributed by atoms with Crippen LogP contribution in [0.4, 0.5) is 4.79 Å². The van der Waals surface area contributed by atoms with Gasteiger partial charge in [0.25, 0.3) is 0 Å². The summed E-state index contributed by atoms with van der Waals surface area (Å²) in [5.41, 5.74) is 0. The van der Waals surface area contributed by atoms with Crippen molar-refractivity contribution in [1.82, 2.24) is 15.5 Å². The Morgan fingerprint density at radius 2 is 2.16 bits per heavy atom. The molecular weight excluding hydrogens is 254 g/mol. The Labute approximate surface area is 111 Å². The van der Waals surface area contributed by atoms with E-state index >= 15 is 0 Å². The van der Waals surface area contributed by atoms with Gasteiger partial charge in [-0.15, -0.1) is 0 Å². The van der Waals surface area contributed by atoms with E-state index in [-0.39, 0.29) is 13.2 Å². The zero-order valence-electron chi connectivity index (χ0n) is 11.0. The summed E-state index contributed by atoms with van der Waals surface area (Å²) in [5.74, 6) is -1.52. The number of ether oxygens (including phenoxy) is 1. The van der Waals surface area contributed by atoms with Crippen molar-refractivity contribution in [2.24, 2.45) is 0 Å². The summed E-state index contributed by atoms with van der Waals surface area (Å²) in [4.78, 5) is 35.6. The van der Waals surface area contributed by atoms with E-state index in [0.29, 0.717) is 13.1 Å². The number of aliphatic carboxylic acids is 1. The molecule has 19 heavy (non-hydrogen) atoms. The van der Waals surface area contributed by atoms with E-state index in [1.54, 1.807) is 18.7 Å². The molecule has 0 radical (unpaired) electrons. The van der Waals surface area contributed by atoms with Crippen LogP contribution in [-0.4, -0.2) is 66.3 Å². The largest absolute Gasteiger partial charge is 0.479 e. The molecule has 8 nitrogen and oxygen atoms in total. The third-order valence-corrected chi connectivity index (χ3v) is 2.87. The van der Waals surface area contributed by atoms with Crippen molar-refractivity contribution >= 4 is 17.9 Å². The summed E-state index contributed by atoms with van der Waals surface area (Å²) in [6, 6.07) is -1.14. The lowest BCUT2D eigenvalue weighted by Crippen LogP contribution is -2.55. The van der Waals surface area contributed by atoms with Crippen molar-refractivity contribution in [2.75, 3.05) is 26.2 Å². The molecule has 0 aromatic carbocycles. The van der Waals surface area contributed by atoms with Crippen LogP contribution in [-0.2, 0) is 14.3 Å². The highest BCUT2D eigenvalue weighted by molar-refractivity contribution is 5.96. The van der Waals surface area contributed by atoms with Crippen LogP contribution in [0.2, 0.25) is 0 Å². The first-order valence-corrected chi connectivity index (χ1v) is 6.12. The van der Waals surface area contributed by atoms with Gasteiger partial charge < -0.3 is 15.2 Å². The summed E-state index contributed by atoms with van der Waals surface area (Å²) in [5, 5.41) is 13.5. The topological polar surface area (TPSA) is 108 Å². The van der Waals surface area contributed by atoms with Gasteiger partial charge in [0.2, 0.25) is 5.91 Å². The van der Waals surface area contributed by atoms with Crippen molar-refractivity contribution in [3.8, 4) is 0 Å². The molecular formula is C11H19N3O5. The maximum Gasteiger partial charge on any atom is 0.334 e. The Morgan fingerprint density at radius 1 is 1.47 bits per heavy atom. The van der Waals surface area contributed by atoms with Gasteiger partial charge in [0, 0.05) is 19.6 Å². The van der Waals surface area contributed by atoms with Gasteiger partial charge in [-0.1, -0.05) is 0 Å². The van der Waals surface area contributed by atoms with Crippen molar-refractivity contribution < 1.29 is 24.2 Å². The summed E-state index contributed by atoms with van der Waals surface area (Å²) in [7, 11) is 0. The SMILES string of the molecule is CCNC(=O)NC(=O)C(C)N1CCOC(C(=O)O)C1. The number of amides is 3. The van der Waals surface area contributed by atoms with Gasteiger partial charge >= 0.3 is 12.0 Å². The zero-order chi connectivity index (χ0) is 14.4. The highest BCUT2D eigenvalue weighted by Crippen LogP contribution is 2.09. The van der Waals surface area contributed by atoms with Gasteiger partial charge in [0.1, 0.15) is 0 Å². The highest BCUT2D eigenvalue weighted by Gasteiger charge is 2.31. The molecule has 108 valence electrons. The van der Waals surface area contributed by atoms with Crippen LogP contribution in [0.25, 0.3) is 0 Å². The van der Waals surface area contributed by atoms with E-state index < -0.39 is 30.1 Å². The van der Waals surface area contributed by atoms with Gasteiger partial charge in [-0.25, -0.2) is 9.59 Å². The first-order chi connectivity index (χ1) is 8.95. The lowest BCUT2D eigenvalue weighted by molar-refractivity contribution is -0.158. The lowest BCUT2D eigenvalue weighted by atomic mass is 10.2. The Kier molecular flexibility index (Phi) is 5.71. The van der Waals surface area contributed by atoms with E-state index in [2.05, 4.69) is 10.6 Å². The number of carbonyl (C=O) groups is 3. The fraction of sp³-hybridized carbons (Fsp3) is 0.727. The molecule has 2 atom stereocenters. The monoisotopic (exact) mass is 273 g/mol. The van der Waals surface area contributed by atoms with Gasteiger partial charge in [0.15, 0.2) is 6.10 Å². The molecule has 0 aromatic heterocycles. The summed E-state index contributed by atoms with van der Waals surface area (Å²) in [6.07, 6.45) is -0.937. The summed E-state index contributed by atoms with van der Waals surface area (Å²) < 4.78 is 5.07. The second-order valence-corrected chi connectivity index (χ2v) is 4.22. The number of urea groups is 1. The van der Waals surface area contributed by atoms with Crippen LogP contribution >= 0.6 is 0 Å². The molecule has 8 heteroatoms. The minimum atomic E-state index is -1.05. The highest BCUT2D eigenvalue weighted by atomic mass is 16.5. The fourth-order valence-corrected chi connectivity index (χ4v) is 1.76. The Bertz CT molecular complexity index is 360. The third-order valence-electron chi connectivity index (χ3n) is 2.87. The van der Waals surface area contributed by atoms with E-state index in [9.17, 15) is 14.4 Å². The molecule has 1 fully saturated rings. The maximum atomic E-state index is 11.8. The van der Waals surface area contributed by atoms with Gasteiger partial charge in [0.05, 0.1) is 12.6 Å². The Balaban J connectivity index is 2.51. The van der Waals surface area contributed by atoms with Crippen molar-refractivity contribution in [1.29, 1.82) is 0 Å². The van der Waals surface area contributed by atoms with Gasteiger partial charge in [-0.05, 0) is 13.8 Å². The van der Waals surface area contributed by atoms with Gasteiger partial charge in [-0.2, -0.15) is 0 Å². The smallest absolute Gasteiger partial charge is 0.334 e. The van der Waals surface area contributed by atoms with Crippen molar-refractivity contribution in [3.63, 3.8) is 0 Å². The van der Waals surface area contributed by atoms with Crippen molar-refractivity contribution in [3.05, 3.63) is 0 Å². The number of carbonyl (C=O) groups excluding carboxylic acids is 2. The maximum absolute atomic E-state index is 11.8. The average Bonchev–Trinajstić information content (AvgIpc) is 2.38. The quantitative estimate of drug-likeness (QED) is 0.607. The molecule has 1 rings (SSSR count). The standard InChI is InChI=1S/C11H19N3O5/c1-3-12-11(18)13-9(15)7(2)14-4-5-19-8(6-14)10(16)17/h7-8H,3-6H2,1-2H3,(H,16,17)(H2,12,13,15,18). The van der Waals surface area contributed by atoms with Crippen LogP contribution in [0.1, 0.15) is 13.8 Å². The molecule has 2 unspecified atom stereocenters.